The molecule has 0 aromatic carbocycles. The monoisotopic (exact) mass is 517 g/mol. The van der Waals surface area contributed by atoms with E-state index >= 15 is 0 Å². The average molecular weight is 518 g/mol. The Morgan fingerprint density at radius 3 is 2.66 bits per heavy atom. The van der Waals surface area contributed by atoms with E-state index < -0.39 is 0 Å². The molecule has 0 bridgehead atoms. The van der Waals surface area contributed by atoms with Crippen LogP contribution in [0.2, 0.25) is 0 Å². The lowest BCUT2D eigenvalue weighted by Gasteiger charge is -2.28. The molecule has 0 aliphatic carbocycles. The number of ether oxygens (including phenoxy) is 1. The van der Waals surface area contributed by atoms with Crippen LogP contribution in [0.1, 0.15) is 50.9 Å². The number of nitrogens with one attached hydrogen (secondary N) is 1. The number of nitrogens with zero attached hydrogens (tertiary/aromatic N) is 7. The third kappa shape index (κ3) is 5.86. The SMILES string of the molecule is CC(C)(C)C(c1ccc(-c2cnc(N)nc2)nc1)c1noc(-c2cnn(CC(=O)NCC3CCCO3)c2)n1. The van der Waals surface area contributed by atoms with Gasteiger partial charge in [0, 0.05) is 43.5 Å². The molecule has 0 saturated carbocycles. The topological polar surface area (TPSA) is 160 Å². The highest BCUT2D eigenvalue weighted by Crippen LogP contribution is 2.39. The second-order valence-corrected chi connectivity index (χ2v) is 10.4. The summed E-state index contributed by atoms with van der Waals surface area (Å²) in [7, 11) is 0. The number of amides is 1. The first kappa shape index (κ1) is 25.5. The Balaban J connectivity index is 1.29. The highest BCUT2D eigenvalue weighted by Gasteiger charge is 2.33. The summed E-state index contributed by atoms with van der Waals surface area (Å²) in [5.74, 6) is 0.789. The average Bonchev–Trinajstić information content (AvgIpc) is 3.66. The van der Waals surface area contributed by atoms with Crippen molar-refractivity contribution < 1.29 is 14.1 Å². The van der Waals surface area contributed by atoms with Crippen molar-refractivity contribution in [2.45, 2.75) is 52.2 Å². The van der Waals surface area contributed by atoms with E-state index in [9.17, 15) is 4.79 Å². The summed E-state index contributed by atoms with van der Waals surface area (Å²) in [6.07, 6.45) is 10.5. The predicted molar refractivity (Wildman–Crippen MR) is 138 cm³/mol. The largest absolute Gasteiger partial charge is 0.376 e. The fraction of sp³-hybridized carbons (Fsp3) is 0.423. The van der Waals surface area contributed by atoms with Gasteiger partial charge in [0.05, 0.1) is 29.5 Å². The molecular weight excluding hydrogens is 486 g/mol. The number of rotatable bonds is 8. The first-order chi connectivity index (χ1) is 18.3. The Bertz CT molecular complexity index is 1370. The van der Waals surface area contributed by atoms with E-state index in [2.05, 4.69) is 56.3 Å². The second kappa shape index (κ2) is 10.7. The lowest BCUT2D eigenvalue weighted by molar-refractivity contribution is -0.122. The van der Waals surface area contributed by atoms with Crippen LogP contribution in [0.25, 0.3) is 22.7 Å². The summed E-state index contributed by atoms with van der Waals surface area (Å²) in [4.78, 5) is 29.7. The first-order valence-electron chi connectivity index (χ1n) is 12.5. The van der Waals surface area contributed by atoms with Crippen LogP contribution in [0.15, 0.2) is 47.6 Å². The van der Waals surface area contributed by atoms with Crippen LogP contribution in [0.3, 0.4) is 0 Å². The zero-order valence-electron chi connectivity index (χ0n) is 21.7. The van der Waals surface area contributed by atoms with Crippen molar-refractivity contribution in [2.24, 2.45) is 5.41 Å². The molecule has 4 aromatic heterocycles. The Labute approximate surface area is 220 Å². The van der Waals surface area contributed by atoms with Gasteiger partial charge in [0.1, 0.15) is 6.54 Å². The number of hydrogen-bond donors (Lipinski definition) is 2. The van der Waals surface area contributed by atoms with Crippen molar-refractivity contribution >= 4 is 11.9 Å². The Morgan fingerprint density at radius 1 is 1.16 bits per heavy atom. The normalized spacial score (nSPS) is 16.4. The maximum absolute atomic E-state index is 12.3. The van der Waals surface area contributed by atoms with Crippen LogP contribution in [0, 0.1) is 5.41 Å². The summed E-state index contributed by atoms with van der Waals surface area (Å²) in [6.45, 7) is 7.70. The van der Waals surface area contributed by atoms with E-state index in [1.165, 1.54) is 0 Å². The van der Waals surface area contributed by atoms with Gasteiger partial charge in [-0.05, 0) is 29.9 Å². The van der Waals surface area contributed by atoms with Crippen molar-refractivity contribution in [3.63, 3.8) is 0 Å². The van der Waals surface area contributed by atoms with Crippen molar-refractivity contribution in [2.75, 3.05) is 18.9 Å². The number of pyridine rings is 1. The van der Waals surface area contributed by atoms with E-state index in [-0.39, 0.29) is 35.8 Å². The Kier molecular flexibility index (Phi) is 7.14. The van der Waals surface area contributed by atoms with Gasteiger partial charge < -0.3 is 20.3 Å². The minimum atomic E-state index is -0.222. The molecule has 3 N–H and O–H groups in total. The van der Waals surface area contributed by atoms with E-state index in [0.29, 0.717) is 23.8 Å². The summed E-state index contributed by atoms with van der Waals surface area (Å²) < 4.78 is 12.7. The molecule has 198 valence electrons. The molecule has 5 rings (SSSR count). The van der Waals surface area contributed by atoms with E-state index in [1.54, 1.807) is 29.5 Å². The standard InChI is InChI=1S/C26H31N9O3/c1-26(2,3)22(16-6-7-20(28-9-16)17-10-30-25(27)31-11-17)23-33-24(38-34-23)18-12-32-35(14-18)15-21(36)29-13-19-5-4-8-37-19/h6-7,9-12,14,19,22H,4-5,8,13,15H2,1-3H3,(H,29,36)(H2,27,30,31). The first-order valence-corrected chi connectivity index (χ1v) is 12.5. The fourth-order valence-corrected chi connectivity index (χ4v) is 4.52. The molecule has 1 aliphatic rings. The molecule has 4 aromatic rings. The lowest BCUT2D eigenvalue weighted by atomic mass is 9.76. The number of carbonyl (C=O) groups is 1. The van der Waals surface area contributed by atoms with Gasteiger partial charge in [-0.2, -0.15) is 10.1 Å². The highest BCUT2D eigenvalue weighted by molar-refractivity contribution is 5.75. The van der Waals surface area contributed by atoms with Crippen molar-refractivity contribution in [3.05, 3.63) is 54.5 Å². The lowest BCUT2D eigenvalue weighted by Crippen LogP contribution is -2.34. The summed E-state index contributed by atoms with van der Waals surface area (Å²) in [6, 6.07) is 3.91. The second-order valence-electron chi connectivity index (χ2n) is 10.4. The van der Waals surface area contributed by atoms with Gasteiger partial charge in [0.2, 0.25) is 11.9 Å². The molecular formula is C26H31N9O3. The molecule has 12 heteroatoms. The van der Waals surface area contributed by atoms with E-state index in [1.807, 2.05) is 18.3 Å². The highest BCUT2D eigenvalue weighted by atomic mass is 16.5. The van der Waals surface area contributed by atoms with Crippen LogP contribution in [-0.4, -0.2) is 60.0 Å². The maximum Gasteiger partial charge on any atom is 0.261 e. The third-order valence-electron chi connectivity index (χ3n) is 6.39. The quantitative estimate of drug-likeness (QED) is 0.356. The minimum Gasteiger partial charge on any atom is -0.376 e. The smallest absolute Gasteiger partial charge is 0.261 e. The molecule has 2 unspecified atom stereocenters. The van der Waals surface area contributed by atoms with Crippen molar-refractivity contribution in [1.82, 2.24) is 40.2 Å². The molecule has 0 radical (unpaired) electrons. The zero-order chi connectivity index (χ0) is 26.7. The van der Waals surface area contributed by atoms with E-state index in [4.69, 9.17) is 15.0 Å². The summed E-state index contributed by atoms with van der Waals surface area (Å²) in [5, 5.41) is 11.5. The number of nitrogen functional groups attached to an aromatic ring is 1. The summed E-state index contributed by atoms with van der Waals surface area (Å²) >= 11 is 0. The zero-order valence-corrected chi connectivity index (χ0v) is 21.7. The molecule has 0 spiro atoms. The molecule has 12 nitrogen and oxygen atoms in total. The molecule has 1 amide bonds. The van der Waals surface area contributed by atoms with E-state index in [0.717, 1.165) is 36.3 Å². The predicted octanol–water partition coefficient (Wildman–Crippen LogP) is 2.84. The van der Waals surface area contributed by atoms with Gasteiger partial charge in [-0.15, -0.1) is 0 Å². The van der Waals surface area contributed by atoms with Gasteiger partial charge in [-0.1, -0.05) is 32.0 Å². The van der Waals surface area contributed by atoms with Gasteiger partial charge in [-0.3, -0.25) is 14.5 Å². The van der Waals surface area contributed by atoms with Crippen LogP contribution in [0.4, 0.5) is 5.95 Å². The van der Waals surface area contributed by atoms with Crippen LogP contribution in [-0.2, 0) is 16.1 Å². The van der Waals surface area contributed by atoms with Crippen LogP contribution in [0.5, 0.6) is 0 Å². The Hall–Kier alpha value is -4.19. The minimum absolute atomic E-state index is 0.0927. The molecule has 1 saturated heterocycles. The third-order valence-corrected chi connectivity index (χ3v) is 6.39. The van der Waals surface area contributed by atoms with Crippen LogP contribution < -0.4 is 11.1 Å². The number of anilines is 1. The van der Waals surface area contributed by atoms with Gasteiger partial charge >= 0.3 is 0 Å². The maximum atomic E-state index is 12.3. The molecule has 2 atom stereocenters. The van der Waals surface area contributed by atoms with Gasteiger partial charge in [0.25, 0.3) is 5.89 Å². The van der Waals surface area contributed by atoms with Crippen molar-refractivity contribution in [1.29, 1.82) is 0 Å². The Morgan fingerprint density at radius 2 is 1.97 bits per heavy atom. The van der Waals surface area contributed by atoms with Crippen LogP contribution >= 0.6 is 0 Å². The van der Waals surface area contributed by atoms with Crippen molar-refractivity contribution in [3.8, 4) is 22.7 Å². The fourth-order valence-electron chi connectivity index (χ4n) is 4.52. The molecule has 1 fully saturated rings. The number of hydrogen-bond acceptors (Lipinski definition) is 10. The molecule has 38 heavy (non-hydrogen) atoms. The molecule has 5 heterocycles. The number of nitrogens with two attached hydrogens (primary N) is 1. The van der Waals surface area contributed by atoms with Gasteiger partial charge in [-0.25, -0.2) is 9.97 Å². The number of carbonyl (C=O) groups excluding carboxylic acids is 1. The number of aromatic nitrogens is 7. The summed E-state index contributed by atoms with van der Waals surface area (Å²) in [5.41, 5.74) is 8.47. The molecule has 1 aliphatic heterocycles. The van der Waals surface area contributed by atoms with Gasteiger partial charge in [0.15, 0.2) is 5.82 Å².